The Kier molecular flexibility index (Phi) is 4.83. The molecular weight excluding hydrogens is 406 g/mol. The van der Waals surface area contributed by atoms with Crippen LogP contribution in [0, 0.1) is 6.92 Å². The number of aromatic hydroxyl groups is 1. The van der Waals surface area contributed by atoms with Crippen LogP contribution in [0.4, 0.5) is 5.69 Å². The Bertz CT molecular complexity index is 990. The predicted molar refractivity (Wildman–Crippen MR) is 111 cm³/mol. The first-order chi connectivity index (χ1) is 13.1. The summed E-state index contributed by atoms with van der Waals surface area (Å²) in [7, 11) is 0. The highest BCUT2D eigenvalue weighted by molar-refractivity contribution is 9.10. The van der Waals surface area contributed by atoms with Crippen LogP contribution in [0.25, 0.3) is 10.9 Å². The van der Waals surface area contributed by atoms with Crippen molar-refractivity contribution in [3.8, 4) is 5.75 Å². The van der Waals surface area contributed by atoms with E-state index in [0.29, 0.717) is 19.6 Å². The molecule has 2 aromatic carbocycles. The molecule has 1 amide bonds. The zero-order chi connectivity index (χ0) is 19.0. The number of hydrogen-bond donors (Lipinski definition) is 1. The molecule has 1 aromatic heterocycles. The minimum atomic E-state index is 0.128. The second kappa shape index (κ2) is 7.27. The highest BCUT2D eigenvalue weighted by Crippen LogP contribution is 2.31. The molecule has 0 atom stereocenters. The van der Waals surface area contributed by atoms with Crippen molar-refractivity contribution in [2.45, 2.75) is 13.5 Å². The van der Waals surface area contributed by atoms with Gasteiger partial charge in [-0.25, -0.2) is 0 Å². The number of nitrogens with zero attached hydrogens (tertiary/aromatic N) is 3. The number of fused-ring (bicyclic) bond motifs is 1. The van der Waals surface area contributed by atoms with Gasteiger partial charge >= 0.3 is 0 Å². The van der Waals surface area contributed by atoms with Crippen LogP contribution in [0.3, 0.4) is 0 Å². The van der Waals surface area contributed by atoms with Gasteiger partial charge in [-0.15, -0.1) is 0 Å². The highest BCUT2D eigenvalue weighted by Gasteiger charge is 2.24. The van der Waals surface area contributed by atoms with Gasteiger partial charge in [-0.2, -0.15) is 0 Å². The van der Waals surface area contributed by atoms with E-state index in [1.807, 2.05) is 42.2 Å². The van der Waals surface area contributed by atoms with Crippen LogP contribution in [-0.4, -0.2) is 46.7 Å². The zero-order valence-corrected chi connectivity index (χ0v) is 16.8. The number of aromatic nitrogens is 1. The number of para-hydroxylation sites is 3. The van der Waals surface area contributed by atoms with Crippen molar-refractivity contribution in [3.63, 3.8) is 0 Å². The van der Waals surface area contributed by atoms with Crippen LogP contribution in [0.15, 0.2) is 53.0 Å². The maximum Gasteiger partial charge on any atom is 0.242 e. The summed E-state index contributed by atoms with van der Waals surface area (Å²) in [6, 6.07) is 15.5. The fourth-order valence-electron chi connectivity index (χ4n) is 3.76. The van der Waals surface area contributed by atoms with Crippen molar-refractivity contribution >= 4 is 38.4 Å². The summed E-state index contributed by atoms with van der Waals surface area (Å²) in [6.07, 6.45) is 0. The molecule has 27 heavy (non-hydrogen) atoms. The third-order valence-electron chi connectivity index (χ3n) is 5.30. The molecule has 4 rings (SSSR count). The van der Waals surface area contributed by atoms with Crippen molar-refractivity contribution in [1.82, 2.24) is 9.47 Å². The number of phenols is 1. The number of rotatable bonds is 3. The van der Waals surface area contributed by atoms with Crippen molar-refractivity contribution in [3.05, 3.63) is 58.7 Å². The lowest BCUT2D eigenvalue weighted by atomic mass is 10.2. The number of anilines is 1. The van der Waals surface area contributed by atoms with E-state index in [-0.39, 0.29) is 11.7 Å². The van der Waals surface area contributed by atoms with E-state index < -0.39 is 0 Å². The SMILES string of the molecule is Cc1c(Br)c2ccccc2n1CC(=O)N1CCN(c2ccccc2O)CC1. The third kappa shape index (κ3) is 3.30. The molecule has 0 aliphatic carbocycles. The van der Waals surface area contributed by atoms with E-state index in [0.717, 1.165) is 39.8 Å². The summed E-state index contributed by atoms with van der Waals surface area (Å²) in [5.74, 6) is 0.417. The molecule has 140 valence electrons. The van der Waals surface area contributed by atoms with E-state index in [9.17, 15) is 9.90 Å². The van der Waals surface area contributed by atoms with Crippen LogP contribution >= 0.6 is 15.9 Å². The van der Waals surface area contributed by atoms with Crippen molar-refractivity contribution in [2.75, 3.05) is 31.1 Å². The van der Waals surface area contributed by atoms with E-state index in [1.165, 1.54) is 0 Å². The van der Waals surface area contributed by atoms with Gasteiger partial charge in [0.25, 0.3) is 0 Å². The number of benzene rings is 2. The maximum atomic E-state index is 12.9. The Morgan fingerprint density at radius 3 is 2.44 bits per heavy atom. The molecule has 5 nitrogen and oxygen atoms in total. The molecular formula is C21H22BrN3O2. The normalized spacial score (nSPS) is 14.7. The monoisotopic (exact) mass is 427 g/mol. The fourth-order valence-corrected chi connectivity index (χ4v) is 4.31. The zero-order valence-electron chi connectivity index (χ0n) is 15.2. The lowest BCUT2D eigenvalue weighted by molar-refractivity contribution is -0.132. The lowest BCUT2D eigenvalue weighted by Crippen LogP contribution is -2.49. The summed E-state index contributed by atoms with van der Waals surface area (Å²) in [6.45, 7) is 5.14. The summed E-state index contributed by atoms with van der Waals surface area (Å²) in [5.41, 5.74) is 2.97. The molecule has 1 aliphatic rings. The molecule has 1 N–H and O–H groups in total. The molecule has 1 saturated heterocycles. The molecule has 0 spiro atoms. The van der Waals surface area contributed by atoms with Gasteiger partial charge in [0.1, 0.15) is 12.3 Å². The molecule has 0 saturated carbocycles. The topological polar surface area (TPSA) is 48.7 Å². The third-order valence-corrected chi connectivity index (χ3v) is 6.30. The van der Waals surface area contributed by atoms with E-state index in [1.54, 1.807) is 6.07 Å². The van der Waals surface area contributed by atoms with Crippen molar-refractivity contribution < 1.29 is 9.90 Å². The number of hydrogen-bond acceptors (Lipinski definition) is 3. The van der Waals surface area contributed by atoms with Crippen LogP contribution in [-0.2, 0) is 11.3 Å². The predicted octanol–water partition coefficient (Wildman–Crippen LogP) is 3.77. The van der Waals surface area contributed by atoms with Crippen LogP contribution in [0.5, 0.6) is 5.75 Å². The summed E-state index contributed by atoms with van der Waals surface area (Å²) in [5, 5.41) is 11.2. The van der Waals surface area contributed by atoms with Gasteiger partial charge in [0, 0.05) is 47.2 Å². The van der Waals surface area contributed by atoms with E-state index >= 15 is 0 Å². The molecule has 1 fully saturated rings. The van der Waals surface area contributed by atoms with Gasteiger partial charge in [0.15, 0.2) is 0 Å². The molecule has 2 heterocycles. The minimum absolute atomic E-state index is 0.128. The van der Waals surface area contributed by atoms with Crippen LogP contribution in [0.2, 0.25) is 0 Å². The number of amides is 1. The molecule has 1 aliphatic heterocycles. The van der Waals surface area contributed by atoms with Gasteiger partial charge in [0.05, 0.1) is 5.69 Å². The Balaban J connectivity index is 1.47. The smallest absolute Gasteiger partial charge is 0.242 e. The van der Waals surface area contributed by atoms with E-state index in [4.69, 9.17) is 0 Å². The second-order valence-corrected chi connectivity index (χ2v) is 7.65. The molecule has 0 unspecified atom stereocenters. The first-order valence-electron chi connectivity index (χ1n) is 9.10. The van der Waals surface area contributed by atoms with Gasteiger partial charge in [-0.05, 0) is 41.1 Å². The first kappa shape index (κ1) is 17.9. The quantitative estimate of drug-likeness (QED) is 0.691. The summed E-state index contributed by atoms with van der Waals surface area (Å²) >= 11 is 3.65. The first-order valence-corrected chi connectivity index (χ1v) is 9.89. The Morgan fingerprint density at radius 2 is 1.70 bits per heavy atom. The minimum Gasteiger partial charge on any atom is -0.506 e. The summed E-state index contributed by atoms with van der Waals surface area (Å²) in [4.78, 5) is 17.0. The second-order valence-electron chi connectivity index (χ2n) is 6.86. The number of carbonyl (C=O) groups is 1. The molecule has 0 radical (unpaired) electrons. The van der Waals surface area contributed by atoms with Gasteiger partial charge in [-0.3, -0.25) is 4.79 Å². The van der Waals surface area contributed by atoms with E-state index in [2.05, 4.69) is 37.5 Å². The van der Waals surface area contributed by atoms with Gasteiger partial charge < -0.3 is 19.5 Å². The van der Waals surface area contributed by atoms with Crippen molar-refractivity contribution in [2.24, 2.45) is 0 Å². The maximum absolute atomic E-state index is 12.9. The van der Waals surface area contributed by atoms with Crippen LogP contribution < -0.4 is 4.90 Å². The highest BCUT2D eigenvalue weighted by atomic mass is 79.9. The lowest BCUT2D eigenvalue weighted by Gasteiger charge is -2.36. The van der Waals surface area contributed by atoms with Gasteiger partial charge in [-0.1, -0.05) is 30.3 Å². The fraction of sp³-hybridized carbons (Fsp3) is 0.286. The number of carbonyl (C=O) groups excluding carboxylic acids is 1. The standard InChI is InChI=1S/C21H22BrN3O2/c1-15-21(22)16-6-2-3-7-17(16)25(15)14-20(27)24-12-10-23(11-13-24)18-8-4-5-9-19(18)26/h2-9,26H,10-14H2,1H3. The molecule has 6 heteroatoms. The van der Waals surface area contributed by atoms with Gasteiger partial charge in [0.2, 0.25) is 5.91 Å². The summed E-state index contributed by atoms with van der Waals surface area (Å²) < 4.78 is 3.13. The Morgan fingerprint density at radius 1 is 1.04 bits per heavy atom. The molecule has 3 aromatic rings. The Hall–Kier alpha value is -2.47. The Labute approximate surface area is 166 Å². The number of halogens is 1. The van der Waals surface area contributed by atoms with Crippen molar-refractivity contribution in [1.29, 1.82) is 0 Å². The average molecular weight is 428 g/mol. The molecule has 0 bridgehead atoms. The largest absolute Gasteiger partial charge is 0.506 e. The average Bonchev–Trinajstić information content (AvgIpc) is 2.94. The number of phenolic OH excluding ortho intramolecular Hbond substituents is 1. The van der Waals surface area contributed by atoms with Crippen LogP contribution in [0.1, 0.15) is 5.69 Å². The number of piperazine rings is 1.